The Hall–Kier alpha value is -2.30. The van der Waals surface area contributed by atoms with Crippen molar-refractivity contribution in [3.05, 3.63) is 41.6 Å². The molecule has 5 heteroatoms. The largest absolute Gasteiger partial charge is 0.369 e. The molecule has 0 saturated carbocycles. The third kappa shape index (κ3) is 4.95. The quantitative estimate of drug-likeness (QED) is 0.587. The molecule has 4 N–H and O–H groups in total. The predicted molar refractivity (Wildman–Crippen MR) is 86.1 cm³/mol. The fourth-order valence-corrected chi connectivity index (χ4v) is 2.26. The monoisotopic (exact) mass is 286 g/mol. The van der Waals surface area contributed by atoms with E-state index in [1.165, 1.54) is 5.56 Å². The number of nitrogens with two attached hydrogens (primary N) is 1. The molecule has 0 fully saturated rings. The Labute approximate surface area is 125 Å². The van der Waals surface area contributed by atoms with Gasteiger partial charge < -0.3 is 11.1 Å². The van der Waals surface area contributed by atoms with Gasteiger partial charge in [0.15, 0.2) is 0 Å². The Morgan fingerprint density at radius 2 is 2.10 bits per heavy atom. The van der Waals surface area contributed by atoms with Gasteiger partial charge in [-0.2, -0.15) is 0 Å². The van der Waals surface area contributed by atoms with Crippen molar-refractivity contribution in [3.63, 3.8) is 0 Å². The number of hydrogen-bond donors (Lipinski definition) is 3. The second-order valence-corrected chi connectivity index (χ2v) is 5.11. The van der Waals surface area contributed by atoms with E-state index in [1.807, 2.05) is 30.3 Å². The van der Waals surface area contributed by atoms with Crippen LogP contribution in [0.1, 0.15) is 38.2 Å². The second kappa shape index (κ2) is 7.47. The molecule has 1 aromatic rings. The number of amides is 2. The molecule has 1 aliphatic rings. The van der Waals surface area contributed by atoms with Gasteiger partial charge in [-0.1, -0.05) is 31.6 Å². The molecule has 0 aliphatic heterocycles. The highest BCUT2D eigenvalue weighted by atomic mass is 16.2. The molecule has 1 aromatic carbocycles. The lowest BCUT2D eigenvalue weighted by Gasteiger charge is -2.08. The average molecular weight is 286 g/mol. The van der Waals surface area contributed by atoms with E-state index in [-0.39, 0.29) is 12.0 Å². The number of nitrogens with one attached hydrogen (secondary N) is 2. The van der Waals surface area contributed by atoms with Crippen LogP contribution in [0, 0.1) is 0 Å². The number of urea groups is 1. The number of aliphatic imine (C=N–C) groups is 1. The zero-order chi connectivity index (χ0) is 15.1. The SMILES string of the molecule is CCCc1ccc(NC(=O)NC(N)=NC2=CCCC2)cc1. The molecule has 0 spiro atoms. The highest BCUT2D eigenvalue weighted by Crippen LogP contribution is 2.17. The summed E-state index contributed by atoms with van der Waals surface area (Å²) in [5, 5.41) is 5.27. The van der Waals surface area contributed by atoms with Crippen LogP contribution < -0.4 is 16.4 Å². The van der Waals surface area contributed by atoms with Crippen LogP contribution in [0.2, 0.25) is 0 Å². The van der Waals surface area contributed by atoms with E-state index in [0.717, 1.165) is 43.5 Å². The first-order valence-electron chi connectivity index (χ1n) is 7.37. The zero-order valence-electron chi connectivity index (χ0n) is 12.4. The number of rotatable bonds is 4. The summed E-state index contributed by atoms with van der Waals surface area (Å²) in [6.45, 7) is 2.14. The van der Waals surface area contributed by atoms with E-state index in [4.69, 9.17) is 5.73 Å². The highest BCUT2D eigenvalue weighted by Gasteiger charge is 2.06. The molecule has 21 heavy (non-hydrogen) atoms. The summed E-state index contributed by atoms with van der Waals surface area (Å²) in [7, 11) is 0. The summed E-state index contributed by atoms with van der Waals surface area (Å²) in [6, 6.07) is 7.42. The molecule has 112 valence electrons. The van der Waals surface area contributed by atoms with Crippen molar-refractivity contribution in [2.75, 3.05) is 5.32 Å². The van der Waals surface area contributed by atoms with Gasteiger partial charge in [0.25, 0.3) is 0 Å². The highest BCUT2D eigenvalue weighted by molar-refractivity contribution is 6.02. The number of benzene rings is 1. The minimum Gasteiger partial charge on any atom is -0.369 e. The lowest BCUT2D eigenvalue weighted by Crippen LogP contribution is -2.39. The molecule has 0 aromatic heterocycles. The van der Waals surface area contributed by atoms with Gasteiger partial charge in [-0.15, -0.1) is 0 Å². The summed E-state index contributed by atoms with van der Waals surface area (Å²) < 4.78 is 0. The van der Waals surface area contributed by atoms with Crippen LogP contribution in [0.25, 0.3) is 0 Å². The molecule has 2 rings (SSSR count). The smallest absolute Gasteiger partial charge is 0.325 e. The number of guanidine groups is 1. The van der Waals surface area contributed by atoms with Crippen molar-refractivity contribution in [2.45, 2.75) is 39.0 Å². The fraction of sp³-hybridized carbons (Fsp3) is 0.375. The van der Waals surface area contributed by atoms with Gasteiger partial charge in [-0.05, 0) is 43.4 Å². The van der Waals surface area contributed by atoms with Crippen LogP contribution in [0.15, 0.2) is 41.0 Å². The van der Waals surface area contributed by atoms with Crippen LogP contribution in [-0.4, -0.2) is 12.0 Å². The van der Waals surface area contributed by atoms with Crippen LogP contribution >= 0.6 is 0 Å². The minimum absolute atomic E-state index is 0.128. The van der Waals surface area contributed by atoms with E-state index >= 15 is 0 Å². The lowest BCUT2D eigenvalue weighted by atomic mass is 10.1. The second-order valence-electron chi connectivity index (χ2n) is 5.11. The van der Waals surface area contributed by atoms with Gasteiger partial charge >= 0.3 is 6.03 Å². The van der Waals surface area contributed by atoms with Crippen LogP contribution in [0.5, 0.6) is 0 Å². The van der Waals surface area contributed by atoms with Crippen LogP contribution in [0.3, 0.4) is 0 Å². The Kier molecular flexibility index (Phi) is 5.37. The molecular formula is C16H22N4O. The fourth-order valence-electron chi connectivity index (χ4n) is 2.26. The summed E-state index contributed by atoms with van der Waals surface area (Å²) in [4.78, 5) is 16.0. The van der Waals surface area contributed by atoms with Crippen LogP contribution in [0.4, 0.5) is 10.5 Å². The Morgan fingerprint density at radius 3 is 2.71 bits per heavy atom. The summed E-state index contributed by atoms with van der Waals surface area (Å²) in [5.41, 5.74) is 8.65. The molecule has 5 nitrogen and oxygen atoms in total. The zero-order valence-corrected chi connectivity index (χ0v) is 12.4. The van der Waals surface area contributed by atoms with Crippen molar-refractivity contribution in [1.82, 2.24) is 5.32 Å². The summed E-state index contributed by atoms with van der Waals surface area (Å²) in [6.07, 6.45) is 7.24. The number of allylic oxidation sites excluding steroid dienone is 2. The molecule has 0 radical (unpaired) electrons. The lowest BCUT2D eigenvalue weighted by molar-refractivity contribution is 0.256. The molecule has 0 bridgehead atoms. The van der Waals surface area contributed by atoms with Crippen molar-refractivity contribution in [1.29, 1.82) is 0 Å². The number of nitrogens with zero attached hydrogens (tertiary/aromatic N) is 1. The summed E-state index contributed by atoms with van der Waals surface area (Å²) in [5.74, 6) is 0.128. The molecule has 0 saturated heterocycles. The third-order valence-corrected chi connectivity index (χ3v) is 3.27. The third-order valence-electron chi connectivity index (χ3n) is 3.27. The molecular weight excluding hydrogens is 264 g/mol. The molecule has 0 unspecified atom stereocenters. The Balaban J connectivity index is 1.86. The Morgan fingerprint density at radius 1 is 1.33 bits per heavy atom. The number of hydrogen-bond acceptors (Lipinski definition) is 2. The van der Waals surface area contributed by atoms with Crippen molar-refractivity contribution >= 4 is 17.7 Å². The normalized spacial score (nSPS) is 14.7. The topological polar surface area (TPSA) is 79.5 Å². The average Bonchev–Trinajstić information content (AvgIpc) is 2.93. The van der Waals surface area contributed by atoms with Crippen molar-refractivity contribution in [3.8, 4) is 0 Å². The molecule has 2 amide bonds. The van der Waals surface area contributed by atoms with Gasteiger partial charge in [0.1, 0.15) is 0 Å². The Bertz CT molecular complexity index is 546. The number of anilines is 1. The maximum atomic E-state index is 11.8. The van der Waals surface area contributed by atoms with E-state index in [0.29, 0.717) is 0 Å². The summed E-state index contributed by atoms with van der Waals surface area (Å²) >= 11 is 0. The van der Waals surface area contributed by atoms with Gasteiger partial charge in [0, 0.05) is 11.4 Å². The first-order valence-corrected chi connectivity index (χ1v) is 7.37. The minimum atomic E-state index is -0.377. The molecule has 0 atom stereocenters. The van der Waals surface area contributed by atoms with Crippen LogP contribution in [-0.2, 0) is 6.42 Å². The first kappa shape index (κ1) is 15.1. The van der Waals surface area contributed by atoms with E-state index in [1.54, 1.807) is 0 Å². The maximum absolute atomic E-state index is 11.8. The first-order chi connectivity index (χ1) is 10.2. The predicted octanol–water partition coefficient (Wildman–Crippen LogP) is 3.14. The van der Waals surface area contributed by atoms with E-state index in [9.17, 15) is 4.79 Å². The number of carbonyl (C=O) groups is 1. The van der Waals surface area contributed by atoms with Gasteiger partial charge in [0.05, 0.1) is 0 Å². The molecule has 1 aliphatic carbocycles. The van der Waals surface area contributed by atoms with Gasteiger partial charge in [-0.3, -0.25) is 5.32 Å². The van der Waals surface area contributed by atoms with Gasteiger partial charge in [0.2, 0.25) is 5.96 Å². The van der Waals surface area contributed by atoms with Crippen molar-refractivity contribution < 1.29 is 4.79 Å². The van der Waals surface area contributed by atoms with Gasteiger partial charge in [-0.25, -0.2) is 9.79 Å². The molecule has 0 heterocycles. The van der Waals surface area contributed by atoms with Crippen molar-refractivity contribution in [2.24, 2.45) is 10.7 Å². The number of aryl methyl sites for hydroxylation is 1. The maximum Gasteiger partial charge on any atom is 0.325 e. The number of carbonyl (C=O) groups excluding carboxylic acids is 1. The standard InChI is InChI=1S/C16H22N4O/c1-2-5-12-8-10-14(11-9-12)19-16(21)20-15(17)18-13-6-3-4-7-13/h6,8-11H,2-5,7H2,1H3,(H4,17,18,19,20,21). The van der Waals surface area contributed by atoms with E-state index in [2.05, 4.69) is 22.5 Å². The van der Waals surface area contributed by atoms with E-state index < -0.39 is 0 Å².